The van der Waals surface area contributed by atoms with Crippen LogP contribution in [0.3, 0.4) is 0 Å². The number of H-pyrrole nitrogens is 2. The second-order valence-electron chi connectivity index (χ2n) is 5.39. The van der Waals surface area contributed by atoms with Crippen LogP contribution >= 0.6 is 12.2 Å². The summed E-state index contributed by atoms with van der Waals surface area (Å²) >= 11 is 4.96. The van der Waals surface area contributed by atoms with Crippen molar-refractivity contribution in [1.82, 2.24) is 15.3 Å². The van der Waals surface area contributed by atoms with Gasteiger partial charge in [-0.05, 0) is 43.4 Å². The Morgan fingerprint density at radius 1 is 1.48 bits per heavy atom. The molecule has 0 aliphatic heterocycles. The fourth-order valence-electron chi connectivity index (χ4n) is 2.31. The van der Waals surface area contributed by atoms with Crippen LogP contribution in [0.4, 0.5) is 4.39 Å². The van der Waals surface area contributed by atoms with Crippen LogP contribution in [-0.2, 0) is 5.60 Å². The molecular weight excluding hydrogens is 321 g/mol. The van der Waals surface area contributed by atoms with Crippen molar-refractivity contribution >= 4 is 29.2 Å². The first-order chi connectivity index (χ1) is 10.9. The zero-order chi connectivity index (χ0) is 16.6. The number of aliphatic hydroxyl groups is 1. The van der Waals surface area contributed by atoms with Crippen molar-refractivity contribution in [1.29, 1.82) is 0 Å². The van der Waals surface area contributed by atoms with Gasteiger partial charge in [0.15, 0.2) is 4.77 Å². The van der Waals surface area contributed by atoms with Gasteiger partial charge in [-0.2, -0.15) is 0 Å². The number of benzene rings is 1. The Morgan fingerprint density at radius 3 is 2.96 bits per heavy atom. The van der Waals surface area contributed by atoms with Crippen LogP contribution in [0.25, 0.3) is 11.0 Å². The first kappa shape index (κ1) is 15.4. The van der Waals surface area contributed by atoms with Gasteiger partial charge in [-0.1, -0.05) is 0 Å². The Morgan fingerprint density at radius 2 is 2.26 bits per heavy atom. The van der Waals surface area contributed by atoms with E-state index in [1.54, 1.807) is 12.1 Å². The Bertz CT molecular complexity index is 912. The number of fused-ring (bicyclic) bond motifs is 1. The van der Waals surface area contributed by atoms with Gasteiger partial charge in [0.05, 0.1) is 29.4 Å². The monoisotopic (exact) mass is 335 g/mol. The standard InChI is InChI=1S/C15H14FN3O3S/c1-15(21,11-3-2-4-22-11)7-17-13(20)9-5-8(16)6-10-12(9)19-14(23)18-10/h2-6,21H,7H2,1H3,(H,17,20)(H2,18,19,23). The highest BCUT2D eigenvalue weighted by Gasteiger charge is 2.27. The van der Waals surface area contributed by atoms with E-state index in [9.17, 15) is 14.3 Å². The molecule has 0 saturated carbocycles. The Balaban J connectivity index is 1.85. The number of imidazole rings is 1. The van der Waals surface area contributed by atoms with Crippen molar-refractivity contribution < 1.29 is 18.7 Å². The molecule has 0 saturated heterocycles. The SMILES string of the molecule is CC(O)(CNC(=O)c1cc(F)cc2[nH]c(=S)[nH]c12)c1ccco1. The van der Waals surface area contributed by atoms with Gasteiger partial charge < -0.3 is 24.8 Å². The first-order valence-electron chi connectivity index (χ1n) is 6.83. The summed E-state index contributed by atoms with van der Waals surface area (Å²) in [6.07, 6.45) is 1.43. The van der Waals surface area contributed by atoms with Gasteiger partial charge in [0.1, 0.15) is 17.2 Å². The molecule has 1 amide bonds. The van der Waals surface area contributed by atoms with Crippen LogP contribution in [0.1, 0.15) is 23.0 Å². The maximum Gasteiger partial charge on any atom is 0.253 e. The van der Waals surface area contributed by atoms with Crippen molar-refractivity contribution in [2.75, 3.05) is 6.54 Å². The van der Waals surface area contributed by atoms with E-state index in [-0.39, 0.29) is 12.1 Å². The Labute approximate surface area is 135 Å². The Kier molecular flexibility index (Phi) is 3.78. The van der Waals surface area contributed by atoms with Gasteiger partial charge in [-0.25, -0.2) is 4.39 Å². The molecule has 1 unspecified atom stereocenters. The molecule has 8 heteroatoms. The molecule has 120 valence electrons. The molecule has 23 heavy (non-hydrogen) atoms. The predicted octanol–water partition coefficient (Wildman–Crippen LogP) is 2.60. The number of aromatic amines is 2. The van der Waals surface area contributed by atoms with Gasteiger partial charge >= 0.3 is 0 Å². The van der Waals surface area contributed by atoms with Crippen LogP contribution in [0.15, 0.2) is 34.9 Å². The summed E-state index contributed by atoms with van der Waals surface area (Å²) in [7, 11) is 0. The molecule has 0 spiro atoms. The van der Waals surface area contributed by atoms with Crippen molar-refractivity contribution in [2.24, 2.45) is 0 Å². The predicted molar refractivity (Wildman–Crippen MR) is 84.1 cm³/mol. The van der Waals surface area contributed by atoms with Crippen LogP contribution in [0, 0.1) is 10.6 Å². The second-order valence-corrected chi connectivity index (χ2v) is 5.80. The lowest BCUT2D eigenvalue weighted by Gasteiger charge is -2.21. The number of rotatable bonds is 4. The quantitative estimate of drug-likeness (QED) is 0.551. The summed E-state index contributed by atoms with van der Waals surface area (Å²) in [5.74, 6) is -0.777. The van der Waals surface area contributed by atoms with Crippen LogP contribution in [-0.4, -0.2) is 27.5 Å². The molecule has 1 atom stereocenters. The highest BCUT2D eigenvalue weighted by molar-refractivity contribution is 7.71. The number of furan rings is 1. The van der Waals surface area contributed by atoms with Crippen molar-refractivity contribution in [3.05, 3.63) is 52.4 Å². The van der Waals surface area contributed by atoms with Crippen LogP contribution < -0.4 is 5.32 Å². The minimum atomic E-state index is -1.38. The third-order valence-corrected chi connectivity index (χ3v) is 3.68. The molecule has 2 heterocycles. The molecule has 3 rings (SSSR count). The number of amides is 1. The average Bonchev–Trinajstić information content (AvgIpc) is 3.12. The summed E-state index contributed by atoms with van der Waals surface area (Å²) < 4.78 is 19.1. The molecule has 1 aromatic carbocycles. The van der Waals surface area contributed by atoms with E-state index in [1.807, 2.05) is 0 Å². The summed E-state index contributed by atoms with van der Waals surface area (Å²) in [5.41, 5.74) is -0.469. The number of carbonyl (C=O) groups is 1. The van der Waals surface area contributed by atoms with E-state index < -0.39 is 17.3 Å². The van der Waals surface area contributed by atoms with Crippen LogP contribution in [0.2, 0.25) is 0 Å². The van der Waals surface area contributed by atoms with Gasteiger partial charge in [-0.3, -0.25) is 4.79 Å². The van der Waals surface area contributed by atoms with Gasteiger partial charge in [0.2, 0.25) is 0 Å². The fourth-order valence-corrected chi connectivity index (χ4v) is 2.52. The van der Waals surface area contributed by atoms with Gasteiger partial charge in [-0.15, -0.1) is 0 Å². The van der Waals surface area contributed by atoms with E-state index in [0.29, 0.717) is 21.6 Å². The molecule has 0 radical (unpaired) electrons. The maximum atomic E-state index is 13.7. The molecule has 3 aromatic rings. The molecular formula is C15H14FN3O3S. The fraction of sp³-hybridized carbons (Fsp3) is 0.200. The highest BCUT2D eigenvalue weighted by Crippen LogP contribution is 2.21. The van der Waals surface area contributed by atoms with Gasteiger partial charge in [0.25, 0.3) is 5.91 Å². The lowest BCUT2D eigenvalue weighted by molar-refractivity contribution is 0.0330. The molecule has 2 aromatic heterocycles. The molecule has 0 aliphatic carbocycles. The largest absolute Gasteiger partial charge is 0.466 e. The smallest absolute Gasteiger partial charge is 0.253 e. The summed E-state index contributed by atoms with van der Waals surface area (Å²) in [5, 5.41) is 12.9. The first-order valence-corrected chi connectivity index (χ1v) is 7.24. The molecule has 0 fully saturated rings. The topological polar surface area (TPSA) is 94.0 Å². The van der Waals surface area contributed by atoms with E-state index in [1.165, 1.54) is 19.3 Å². The number of nitrogens with one attached hydrogen (secondary N) is 3. The lowest BCUT2D eigenvalue weighted by atomic mass is 10.0. The Hall–Kier alpha value is -2.45. The van der Waals surface area contributed by atoms with E-state index in [4.69, 9.17) is 16.6 Å². The number of hydrogen-bond acceptors (Lipinski definition) is 4. The van der Waals surface area contributed by atoms with Gasteiger partial charge in [0, 0.05) is 0 Å². The van der Waals surface area contributed by atoms with E-state index in [0.717, 1.165) is 6.07 Å². The summed E-state index contributed by atoms with van der Waals surface area (Å²) in [6.45, 7) is 1.42. The summed E-state index contributed by atoms with van der Waals surface area (Å²) in [4.78, 5) is 17.9. The zero-order valence-corrected chi connectivity index (χ0v) is 13.0. The number of aromatic nitrogens is 2. The molecule has 6 nitrogen and oxygen atoms in total. The van der Waals surface area contributed by atoms with Crippen molar-refractivity contribution in [2.45, 2.75) is 12.5 Å². The average molecular weight is 335 g/mol. The van der Waals surface area contributed by atoms with E-state index in [2.05, 4.69) is 15.3 Å². The van der Waals surface area contributed by atoms with Crippen molar-refractivity contribution in [3.8, 4) is 0 Å². The van der Waals surface area contributed by atoms with Crippen molar-refractivity contribution in [3.63, 3.8) is 0 Å². The molecule has 4 N–H and O–H groups in total. The van der Waals surface area contributed by atoms with Crippen LogP contribution in [0.5, 0.6) is 0 Å². The number of hydrogen-bond donors (Lipinski definition) is 4. The second kappa shape index (κ2) is 5.64. The molecule has 0 aliphatic rings. The molecule has 0 bridgehead atoms. The number of carbonyl (C=O) groups excluding carboxylic acids is 1. The number of halogens is 1. The minimum absolute atomic E-state index is 0.0947. The minimum Gasteiger partial charge on any atom is -0.466 e. The lowest BCUT2D eigenvalue weighted by Crippen LogP contribution is -2.38. The summed E-state index contributed by atoms with van der Waals surface area (Å²) in [6, 6.07) is 5.60. The zero-order valence-electron chi connectivity index (χ0n) is 12.1. The highest BCUT2D eigenvalue weighted by atomic mass is 32.1. The normalized spacial score (nSPS) is 13.9. The van der Waals surface area contributed by atoms with E-state index >= 15 is 0 Å². The maximum absolute atomic E-state index is 13.7. The third-order valence-electron chi connectivity index (χ3n) is 3.48. The third kappa shape index (κ3) is 3.03.